The quantitative estimate of drug-likeness (QED) is 0.722. The van der Waals surface area contributed by atoms with Gasteiger partial charge >= 0.3 is 6.03 Å². The third-order valence-electron chi connectivity index (χ3n) is 5.27. The summed E-state index contributed by atoms with van der Waals surface area (Å²) in [7, 11) is 0. The highest BCUT2D eigenvalue weighted by Crippen LogP contribution is 2.30. The lowest BCUT2D eigenvalue weighted by atomic mass is 9.90. The summed E-state index contributed by atoms with van der Waals surface area (Å²) in [6.07, 6.45) is 0. The third-order valence-corrected chi connectivity index (χ3v) is 5.68. The SMILES string of the molecule is Cc1c(Cl)cccc1NC(=O)CN1C(=O)N[C@@](C)(c2ccc(C(C)C)cc2)C1=O. The molecule has 1 aliphatic rings. The van der Waals surface area contributed by atoms with Gasteiger partial charge < -0.3 is 10.6 Å². The zero-order valence-corrected chi connectivity index (χ0v) is 17.6. The van der Waals surface area contributed by atoms with Crippen LogP contribution in [0.1, 0.15) is 43.4 Å². The molecule has 1 atom stereocenters. The lowest BCUT2D eigenvalue weighted by Gasteiger charge is -2.23. The number of rotatable bonds is 5. The van der Waals surface area contributed by atoms with Gasteiger partial charge in [-0.1, -0.05) is 55.8 Å². The van der Waals surface area contributed by atoms with Crippen molar-refractivity contribution in [2.24, 2.45) is 0 Å². The summed E-state index contributed by atoms with van der Waals surface area (Å²) in [5, 5.41) is 5.95. The molecule has 0 unspecified atom stereocenters. The molecule has 1 aliphatic heterocycles. The van der Waals surface area contributed by atoms with E-state index in [0.717, 1.165) is 16.0 Å². The van der Waals surface area contributed by atoms with Gasteiger partial charge in [0.1, 0.15) is 12.1 Å². The zero-order valence-electron chi connectivity index (χ0n) is 16.9. The minimum atomic E-state index is -1.21. The van der Waals surface area contributed by atoms with E-state index in [-0.39, 0.29) is 6.54 Å². The number of carbonyl (C=O) groups is 3. The zero-order chi connectivity index (χ0) is 21.3. The topological polar surface area (TPSA) is 78.5 Å². The number of anilines is 1. The van der Waals surface area contributed by atoms with E-state index in [1.54, 1.807) is 32.0 Å². The van der Waals surface area contributed by atoms with Crippen molar-refractivity contribution < 1.29 is 14.4 Å². The number of nitrogens with zero attached hydrogens (tertiary/aromatic N) is 1. The van der Waals surface area contributed by atoms with E-state index in [1.165, 1.54) is 0 Å². The van der Waals surface area contributed by atoms with Crippen molar-refractivity contribution in [2.75, 3.05) is 11.9 Å². The van der Waals surface area contributed by atoms with Gasteiger partial charge in [0, 0.05) is 10.7 Å². The Bertz CT molecular complexity index is 972. The van der Waals surface area contributed by atoms with Gasteiger partial charge in [0.25, 0.3) is 5.91 Å². The monoisotopic (exact) mass is 413 g/mol. The molecule has 0 spiro atoms. The highest BCUT2D eigenvalue weighted by Gasteiger charge is 2.49. The standard InChI is InChI=1S/C22H24ClN3O3/c1-13(2)15-8-10-16(11-9-15)22(4)20(28)26(21(29)25-22)12-19(27)24-18-7-5-6-17(23)14(18)3/h5-11,13H,12H2,1-4H3,(H,24,27)(H,25,29)/t22-/m0/s1. The lowest BCUT2D eigenvalue weighted by Crippen LogP contribution is -2.42. The maximum atomic E-state index is 13.0. The summed E-state index contributed by atoms with van der Waals surface area (Å²) < 4.78 is 0. The Morgan fingerprint density at radius 1 is 1.17 bits per heavy atom. The van der Waals surface area contributed by atoms with Crippen molar-refractivity contribution in [2.45, 2.75) is 39.2 Å². The predicted molar refractivity (Wildman–Crippen MR) is 113 cm³/mol. The second-order valence-corrected chi connectivity index (χ2v) is 8.09. The van der Waals surface area contributed by atoms with Crippen LogP contribution in [0.4, 0.5) is 10.5 Å². The molecule has 29 heavy (non-hydrogen) atoms. The largest absolute Gasteiger partial charge is 0.325 e. The molecular formula is C22H24ClN3O3. The summed E-state index contributed by atoms with van der Waals surface area (Å²) in [5.74, 6) is -0.572. The highest BCUT2D eigenvalue weighted by molar-refractivity contribution is 6.31. The molecule has 2 N–H and O–H groups in total. The Kier molecular flexibility index (Phi) is 5.66. The van der Waals surface area contributed by atoms with Gasteiger partial charge in [-0.3, -0.25) is 14.5 Å². The summed E-state index contributed by atoms with van der Waals surface area (Å²) in [5.41, 5.74) is 1.87. The molecule has 4 amide bonds. The van der Waals surface area contributed by atoms with Gasteiger partial charge in [0.2, 0.25) is 5.91 Å². The van der Waals surface area contributed by atoms with Gasteiger partial charge in [-0.05, 0) is 48.6 Å². The number of hydrogen-bond donors (Lipinski definition) is 2. The number of amides is 4. The molecule has 1 heterocycles. The van der Waals surface area contributed by atoms with E-state index in [2.05, 4.69) is 24.5 Å². The number of hydrogen-bond acceptors (Lipinski definition) is 3. The Hall–Kier alpha value is -2.86. The average Bonchev–Trinajstić information content (AvgIpc) is 2.89. The van der Waals surface area contributed by atoms with Crippen LogP contribution in [0.2, 0.25) is 5.02 Å². The van der Waals surface area contributed by atoms with Gasteiger partial charge in [-0.25, -0.2) is 4.79 Å². The second-order valence-electron chi connectivity index (χ2n) is 7.68. The number of carbonyl (C=O) groups excluding carboxylic acids is 3. The fourth-order valence-electron chi connectivity index (χ4n) is 3.31. The molecule has 6 nitrogen and oxygen atoms in total. The molecule has 0 bridgehead atoms. The minimum absolute atomic E-state index is 0.362. The van der Waals surface area contributed by atoms with Crippen LogP contribution < -0.4 is 10.6 Å². The van der Waals surface area contributed by atoms with E-state index in [1.807, 2.05) is 24.3 Å². The molecule has 2 aromatic carbocycles. The first-order chi connectivity index (χ1) is 13.6. The van der Waals surface area contributed by atoms with Crippen molar-refractivity contribution in [3.63, 3.8) is 0 Å². The smallest absolute Gasteiger partial charge is 0.324 e. The van der Waals surface area contributed by atoms with E-state index < -0.39 is 23.4 Å². The molecule has 0 aromatic heterocycles. The second kappa shape index (κ2) is 7.87. The average molecular weight is 414 g/mol. The molecule has 152 valence electrons. The minimum Gasteiger partial charge on any atom is -0.324 e. The van der Waals surface area contributed by atoms with Gasteiger partial charge in [-0.15, -0.1) is 0 Å². The van der Waals surface area contributed by atoms with Crippen LogP contribution in [0.3, 0.4) is 0 Å². The number of halogens is 1. The molecule has 0 saturated carbocycles. The van der Waals surface area contributed by atoms with Crippen molar-refractivity contribution >= 4 is 35.1 Å². The van der Waals surface area contributed by atoms with Crippen molar-refractivity contribution in [1.29, 1.82) is 0 Å². The molecule has 7 heteroatoms. The number of benzene rings is 2. The first-order valence-corrected chi connectivity index (χ1v) is 9.81. The summed E-state index contributed by atoms with van der Waals surface area (Å²) in [6.45, 7) is 7.22. The van der Waals surface area contributed by atoms with E-state index in [9.17, 15) is 14.4 Å². The van der Waals surface area contributed by atoms with E-state index in [0.29, 0.717) is 22.2 Å². The fourth-order valence-corrected chi connectivity index (χ4v) is 3.49. The number of urea groups is 1. The van der Waals surface area contributed by atoms with Crippen LogP contribution >= 0.6 is 11.6 Å². The van der Waals surface area contributed by atoms with Gasteiger partial charge in [-0.2, -0.15) is 0 Å². The van der Waals surface area contributed by atoms with Gasteiger partial charge in [0.15, 0.2) is 0 Å². The van der Waals surface area contributed by atoms with Crippen LogP contribution in [0.25, 0.3) is 0 Å². The highest BCUT2D eigenvalue weighted by atomic mass is 35.5. The van der Waals surface area contributed by atoms with Gasteiger partial charge in [0.05, 0.1) is 0 Å². The van der Waals surface area contributed by atoms with Crippen molar-refractivity contribution in [3.8, 4) is 0 Å². The molecular weight excluding hydrogens is 390 g/mol. The summed E-state index contributed by atoms with van der Waals surface area (Å²) in [6, 6.07) is 12.1. The summed E-state index contributed by atoms with van der Waals surface area (Å²) in [4.78, 5) is 38.9. The maximum Gasteiger partial charge on any atom is 0.325 e. The van der Waals surface area contributed by atoms with Crippen LogP contribution in [-0.2, 0) is 15.1 Å². The molecule has 1 saturated heterocycles. The number of imide groups is 1. The third kappa shape index (κ3) is 3.98. The number of nitrogens with one attached hydrogen (secondary N) is 2. The molecule has 0 aliphatic carbocycles. The van der Waals surface area contributed by atoms with E-state index in [4.69, 9.17) is 11.6 Å². The van der Waals surface area contributed by atoms with Crippen molar-refractivity contribution in [3.05, 3.63) is 64.2 Å². The normalized spacial score (nSPS) is 18.9. The Labute approximate surface area is 175 Å². The first kappa shape index (κ1) is 20.9. The first-order valence-electron chi connectivity index (χ1n) is 9.43. The van der Waals surface area contributed by atoms with Crippen molar-refractivity contribution in [1.82, 2.24) is 10.2 Å². The fraction of sp³-hybridized carbons (Fsp3) is 0.318. The maximum absolute atomic E-state index is 13.0. The van der Waals surface area contributed by atoms with Crippen LogP contribution in [0, 0.1) is 6.92 Å². The predicted octanol–water partition coefficient (Wildman–Crippen LogP) is 4.18. The Morgan fingerprint density at radius 3 is 2.45 bits per heavy atom. The van der Waals surface area contributed by atoms with Crippen LogP contribution in [0.15, 0.2) is 42.5 Å². The molecule has 2 aromatic rings. The molecule has 3 rings (SSSR count). The van der Waals surface area contributed by atoms with Crippen LogP contribution in [0.5, 0.6) is 0 Å². The summed E-state index contributed by atoms with van der Waals surface area (Å²) >= 11 is 6.07. The Balaban J connectivity index is 1.76. The molecule has 1 fully saturated rings. The van der Waals surface area contributed by atoms with Crippen LogP contribution in [-0.4, -0.2) is 29.3 Å². The van der Waals surface area contributed by atoms with E-state index >= 15 is 0 Å². The lowest BCUT2D eigenvalue weighted by molar-refractivity contribution is -0.133. The molecule has 0 radical (unpaired) electrons. The Morgan fingerprint density at radius 2 is 1.83 bits per heavy atom.